The Kier molecular flexibility index (Phi) is 3.69. The van der Waals surface area contributed by atoms with E-state index < -0.39 is 0 Å². The van der Waals surface area contributed by atoms with Gasteiger partial charge in [0.05, 0.1) is 5.56 Å². The molecule has 2 heterocycles. The smallest absolute Gasteiger partial charge is 0.257 e. The standard InChI is InChI=1S/C17H13N3O/c21-17(15-6-3-9-19-12-15)20-16-7-1-4-13(10-16)14-5-2-8-18-11-14/h1-12H,(H,20,21). The van der Waals surface area contributed by atoms with Crippen molar-refractivity contribution >= 4 is 11.6 Å². The topological polar surface area (TPSA) is 54.9 Å². The number of nitrogens with one attached hydrogen (secondary N) is 1. The van der Waals surface area contributed by atoms with Gasteiger partial charge < -0.3 is 5.32 Å². The minimum atomic E-state index is -0.175. The second-order valence-corrected chi connectivity index (χ2v) is 4.52. The molecule has 0 saturated carbocycles. The molecule has 3 rings (SSSR count). The van der Waals surface area contributed by atoms with E-state index in [9.17, 15) is 4.79 Å². The van der Waals surface area contributed by atoms with Crippen molar-refractivity contribution in [1.82, 2.24) is 9.97 Å². The molecule has 1 aromatic carbocycles. The minimum absolute atomic E-state index is 0.175. The van der Waals surface area contributed by atoms with Crippen LogP contribution in [0.4, 0.5) is 5.69 Å². The van der Waals surface area contributed by atoms with E-state index in [4.69, 9.17) is 0 Å². The number of rotatable bonds is 3. The van der Waals surface area contributed by atoms with Gasteiger partial charge in [-0.3, -0.25) is 14.8 Å². The molecule has 3 aromatic rings. The maximum atomic E-state index is 12.1. The summed E-state index contributed by atoms with van der Waals surface area (Å²) in [6.07, 6.45) is 6.71. The van der Waals surface area contributed by atoms with Crippen molar-refractivity contribution < 1.29 is 4.79 Å². The van der Waals surface area contributed by atoms with Crippen LogP contribution in [0.5, 0.6) is 0 Å². The highest BCUT2D eigenvalue weighted by atomic mass is 16.1. The van der Waals surface area contributed by atoms with Gasteiger partial charge in [-0.15, -0.1) is 0 Å². The Morgan fingerprint density at radius 1 is 0.857 bits per heavy atom. The van der Waals surface area contributed by atoms with Gasteiger partial charge in [-0.1, -0.05) is 18.2 Å². The Morgan fingerprint density at radius 3 is 2.33 bits per heavy atom. The highest BCUT2D eigenvalue weighted by Gasteiger charge is 2.06. The van der Waals surface area contributed by atoms with Crippen LogP contribution in [0.1, 0.15) is 10.4 Å². The van der Waals surface area contributed by atoms with Crippen LogP contribution in [-0.2, 0) is 0 Å². The molecule has 0 saturated heterocycles. The second-order valence-electron chi connectivity index (χ2n) is 4.52. The Bertz CT molecular complexity index is 742. The molecule has 102 valence electrons. The molecule has 4 heteroatoms. The zero-order valence-corrected chi connectivity index (χ0v) is 11.2. The quantitative estimate of drug-likeness (QED) is 0.797. The van der Waals surface area contributed by atoms with E-state index in [0.717, 1.165) is 16.8 Å². The zero-order valence-electron chi connectivity index (χ0n) is 11.2. The van der Waals surface area contributed by atoms with E-state index in [2.05, 4.69) is 15.3 Å². The molecule has 0 spiro atoms. The molecule has 0 atom stereocenters. The number of carbonyl (C=O) groups is 1. The van der Waals surface area contributed by atoms with Gasteiger partial charge in [0, 0.05) is 36.0 Å². The van der Waals surface area contributed by atoms with E-state index in [1.165, 1.54) is 0 Å². The number of pyridine rings is 2. The average molecular weight is 275 g/mol. The number of benzene rings is 1. The third kappa shape index (κ3) is 3.12. The van der Waals surface area contributed by atoms with Gasteiger partial charge in [-0.05, 0) is 35.9 Å². The fourth-order valence-corrected chi connectivity index (χ4v) is 2.01. The van der Waals surface area contributed by atoms with Crippen molar-refractivity contribution in [3.8, 4) is 11.1 Å². The molecule has 0 fully saturated rings. The molecular weight excluding hydrogens is 262 g/mol. The van der Waals surface area contributed by atoms with Crippen molar-refractivity contribution in [2.75, 3.05) is 5.32 Å². The number of amides is 1. The minimum Gasteiger partial charge on any atom is -0.322 e. The van der Waals surface area contributed by atoms with Gasteiger partial charge in [-0.25, -0.2) is 0 Å². The number of aromatic nitrogens is 2. The summed E-state index contributed by atoms with van der Waals surface area (Å²) in [7, 11) is 0. The average Bonchev–Trinajstić information content (AvgIpc) is 2.57. The van der Waals surface area contributed by atoms with Crippen LogP contribution in [0.15, 0.2) is 73.3 Å². The first-order valence-electron chi connectivity index (χ1n) is 6.55. The summed E-state index contributed by atoms with van der Waals surface area (Å²) in [6, 6.07) is 15.0. The SMILES string of the molecule is O=C(Nc1cccc(-c2cccnc2)c1)c1cccnc1. The lowest BCUT2D eigenvalue weighted by Crippen LogP contribution is -2.11. The lowest BCUT2D eigenvalue weighted by Gasteiger charge is -2.07. The van der Waals surface area contributed by atoms with Crippen molar-refractivity contribution in [3.63, 3.8) is 0 Å². The molecule has 0 unspecified atom stereocenters. The summed E-state index contributed by atoms with van der Waals surface area (Å²) in [5.41, 5.74) is 3.29. The monoisotopic (exact) mass is 275 g/mol. The van der Waals surface area contributed by atoms with E-state index in [1.54, 1.807) is 36.9 Å². The maximum Gasteiger partial charge on any atom is 0.257 e. The summed E-state index contributed by atoms with van der Waals surface area (Å²) in [5.74, 6) is -0.175. The third-order valence-corrected chi connectivity index (χ3v) is 3.04. The maximum absolute atomic E-state index is 12.1. The van der Waals surface area contributed by atoms with Gasteiger partial charge in [0.1, 0.15) is 0 Å². The molecule has 2 aromatic heterocycles. The first-order valence-corrected chi connectivity index (χ1v) is 6.55. The van der Waals surface area contributed by atoms with E-state index in [1.807, 2.05) is 36.4 Å². The van der Waals surface area contributed by atoms with Gasteiger partial charge >= 0.3 is 0 Å². The Labute approximate surface area is 122 Å². The van der Waals surface area contributed by atoms with Crippen molar-refractivity contribution in [1.29, 1.82) is 0 Å². The molecular formula is C17H13N3O. The third-order valence-electron chi connectivity index (χ3n) is 3.04. The number of nitrogens with zero attached hydrogens (tertiary/aromatic N) is 2. The summed E-state index contributed by atoms with van der Waals surface area (Å²) >= 11 is 0. The summed E-state index contributed by atoms with van der Waals surface area (Å²) in [6.45, 7) is 0. The first kappa shape index (κ1) is 13.0. The van der Waals surface area contributed by atoms with E-state index in [0.29, 0.717) is 5.56 Å². The number of hydrogen-bond donors (Lipinski definition) is 1. The van der Waals surface area contributed by atoms with Crippen molar-refractivity contribution in [2.45, 2.75) is 0 Å². The molecule has 0 aliphatic carbocycles. The van der Waals surface area contributed by atoms with Crippen LogP contribution < -0.4 is 5.32 Å². The molecule has 0 aliphatic heterocycles. The largest absolute Gasteiger partial charge is 0.322 e. The lowest BCUT2D eigenvalue weighted by atomic mass is 10.1. The highest BCUT2D eigenvalue weighted by Crippen LogP contribution is 2.21. The number of anilines is 1. The number of carbonyl (C=O) groups excluding carboxylic acids is 1. The molecule has 0 aliphatic rings. The summed E-state index contributed by atoms with van der Waals surface area (Å²) in [5, 5.41) is 2.87. The van der Waals surface area contributed by atoms with Gasteiger partial charge in [0.15, 0.2) is 0 Å². The zero-order chi connectivity index (χ0) is 14.5. The van der Waals surface area contributed by atoms with Crippen LogP contribution in [0.25, 0.3) is 11.1 Å². The van der Waals surface area contributed by atoms with Crippen LogP contribution in [-0.4, -0.2) is 15.9 Å². The van der Waals surface area contributed by atoms with Crippen molar-refractivity contribution in [2.24, 2.45) is 0 Å². The molecule has 21 heavy (non-hydrogen) atoms. The molecule has 1 N–H and O–H groups in total. The van der Waals surface area contributed by atoms with Crippen LogP contribution in [0.2, 0.25) is 0 Å². The molecule has 1 amide bonds. The summed E-state index contributed by atoms with van der Waals surface area (Å²) < 4.78 is 0. The fraction of sp³-hybridized carbons (Fsp3) is 0. The Hall–Kier alpha value is -3.01. The first-order chi connectivity index (χ1) is 10.3. The predicted molar refractivity (Wildman–Crippen MR) is 81.9 cm³/mol. The number of hydrogen-bond acceptors (Lipinski definition) is 3. The van der Waals surface area contributed by atoms with Gasteiger partial charge in [0.2, 0.25) is 0 Å². The Balaban J connectivity index is 1.83. The van der Waals surface area contributed by atoms with Crippen LogP contribution in [0, 0.1) is 0 Å². The second kappa shape index (κ2) is 5.96. The lowest BCUT2D eigenvalue weighted by molar-refractivity contribution is 0.102. The normalized spacial score (nSPS) is 10.1. The molecule has 0 bridgehead atoms. The van der Waals surface area contributed by atoms with Gasteiger partial charge in [0.25, 0.3) is 5.91 Å². The van der Waals surface area contributed by atoms with Crippen molar-refractivity contribution in [3.05, 3.63) is 78.9 Å². The Morgan fingerprint density at radius 2 is 1.62 bits per heavy atom. The van der Waals surface area contributed by atoms with E-state index >= 15 is 0 Å². The van der Waals surface area contributed by atoms with Crippen LogP contribution in [0.3, 0.4) is 0 Å². The fourth-order valence-electron chi connectivity index (χ4n) is 2.01. The highest BCUT2D eigenvalue weighted by molar-refractivity contribution is 6.04. The summed E-state index contributed by atoms with van der Waals surface area (Å²) in [4.78, 5) is 20.1. The predicted octanol–water partition coefficient (Wildman–Crippen LogP) is 3.40. The molecule has 4 nitrogen and oxygen atoms in total. The molecule has 0 radical (unpaired) electrons. The van der Waals surface area contributed by atoms with Gasteiger partial charge in [-0.2, -0.15) is 0 Å². The van der Waals surface area contributed by atoms with Crippen LogP contribution >= 0.6 is 0 Å². The van der Waals surface area contributed by atoms with E-state index in [-0.39, 0.29) is 5.91 Å².